The van der Waals surface area contributed by atoms with Gasteiger partial charge < -0.3 is 9.73 Å². The van der Waals surface area contributed by atoms with Crippen molar-refractivity contribution in [3.05, 3.63) is 45.0 Å². The molecule has 0 atom stereocenters. The summed E-state index contributed by atoms with van der Waals surface area (Å²) < 4.78 is 6.00. The predicted octanol–water partition coefficient (Wildman–Crippen LogP) is 3.03. The smallest absolute Gasteiger partial charge is 0.287 e. The molecule has 0 unspecified atom stereocenters. The molecule has 0 aromatic carbocycles. The van der Waals surface area contributed by atoms with Crippen LogP contribution in [0.1, 0.15) is 15.4 Å². The number of carbonyl (C=O) groups is 1. The van der Waals surface area contributed by atoms with Crippen molar-refractivity contribution < 1.29 is 9.21 Å². The molecule has 0 aliphatic rings. The zero-order valence-corrected chi connectivity index (χ0v) is 10.1. The van der Waals surface area contributed by atoms with E-state index in [0.29, 0.717) is 12.3 Å². The molecule has 5 heteroatoms. The second-order valence-corrected chi connectivity index (χ2v) is 4.71. The van der Waals surface area contributed by atoms with Gasteiger partial charge in [0.05, 0.1) is 12.8 Å². The summed E-state index contributed by atoms with van der Waals surface area (Å²) in [6, 6.07) is 5.29. The highest BCUT2D eigenvalue weighted by atomic mass is 79.9. The standard InChI is InChI=1S/C10H8BrNO2S/c11-7-3-5-15-9(7)6-12-10(13)8-2-1-4-14-8/h1-5H,6H2,(H,12,13). The van der Waals surface area contributed by atoms with Gasteiger partial charge in [-0.05, 0) is 39.5 Å². The average Bonchev–Trinajstić information content (AvgIpc) is 2.85. The molecule has 2 aromatic rings. The second-order valence-electron chi connectivity index (χ2n) is 2.85. The molecule has 0 fully saturated rings. The van der Waals surface area contributed by atoms with Gasteiger partial charge in [-0.15, -0.1) is 11.3 Å². The Balaban J connectivity index is 1.95. The van der Waals surface area contributed by atoms with Crippen LogP contribution >= 0.6 is 27.3 Å². The lowest BCUT2D eigenvalue weighted by molar-refractivity contribution is 0.0923. The van der Waals surface area contributed by atoms with Gasteiger partial charge in [0.25, 0.3) is 5.91 Å². The molecular weight excluding hydrogens is 278 g/mol. The summed E-state index contributed by atoms with van der Waals surface area (Å²) in [5, 5.41) is 4.75. The van der Waals surface area contributed by atoms with Gasteiger partial charge in [0.15, 0.2) is 5.76 Å². The Kier molecular flexibility index (Phi) is 3.23. The van der Waals surface area contributed by atoms with Crippen molar-refractivity contribution in [1.29, 1.82) is 0 Å². The molecule has 0 aliphatic heterocycles. The van der Waals surface area contributed by atoms with E-state index in [1.165, 1.54) is 6.26 Å². The summed E-state index contributed by atoms with van der Waals surface area (Å²) in [6.07, 6.45) is 1.48. The number of hydrogen-bond donors (Lipinski definition) is 1. The van der Waals surface area contributed by atoms with Gasteiger partial charge in [0.1, 0.15) is 0 Å². The molecule has 1 N–H and O–H groups in total. The Labute approximate surface area is 99.2 Å². The summed E-state index contributed by atoms with van der Waals surface area (Å²) in [5.41, 5.74) is 0. The van der Waals surface area contributed by atoms with Crippen LogP contribution in [0.2, 0.25) is 0 Å². The molecule has 0 saturated heterocycles. The molecule has 3 nitrogen and oxygen atoms in total. The van der Waals surface area contributed by atoms with E-state index in [1.54, 1.807) is 23.5 Å². The van der Waals surface area contributed by atoms with Crippen LogP contribution in [0.25, 0.3) is 0 Å². The first-order chi connectivity index (χ1) is 7.27. The first-order valence-corrected chi connectivity index (χ1v) is 5.98. The fourth-order valence-corrected chi connectivity index (χ4v) is 2.54. The molecule has 2 aromatic heterocycles. The Bertz CT molecular complexity index is 450. The molecule has 1 amide bonds. The van der Waals surface area contributed by atoms with E-state index in [0.717, 1.165) is 9.35 Å². The van der Waals surface area contributed by atoms with Gasteiger partial charge in [-0.25, -0.2) is 0 Å². The van der Waals surface area contributed by atoms with E-state index in [-0.39, 0.29) is 5.91 Å². The quantitative estimate of drug-likeness (QED) is 0.942. The van der Waals surface area contributed by atoms with Crippen LogP contribution in [-0.4, -0.2) is 5.91 Å². The molecule has 78 valence electrons. The van der Waals surface area contributed by atoms with E-state index < -0.39 is 0 Å². The van der Waals surface area contributed by atoms with Gasteiger partial charge in [-0.3, -0.25) is 4.79 Å². The summed E-state index contributed by atoms with van der Waals surface area (Å²) in [4.78, 5) is 12.6. The molecule has 15 heavy (non-hydrogen) atoms. The first kappa shape index (κ1) is 10.4. The van der Waals surface area contributed by atoms with Gasteiger partial charge >= 0.3 is 0 Å². The lowest BCUT2D eigenvalue weighted by Gasteiger charge is -2.01. The Morgan fingerprint density at radius 3 is 3.00 bits per heavy atom. The normalized spacial score (nSPS) is 10.2. The molecular formula is C10H8BrNO2S. The van der Waals surface area contributed by atoms with Crippen LogP contribution in [0.3, 0.4) is 0 Å². The van der Waals surface area contributed by atoms with Gasteiger partial charge in [-0.2, -0.15) is 0 Å². The Morgan fingerprint density at radius 2 is 2.40 bits per heavy atom. The highest BCUT2D eigenvalue weighted by Gasteiger charge is 2.08. The van der Waals surface area contributed by atoms with Crippen LogP contribution < -0.4 is 5.32 Å². The fraction of sp³-hybridized carbons (Fsp3) is 0.100. The lowest BCUT2D eigenvalue weighted by Crippen LogP contribution is -2.21. The van der Waals surface area contributed by atoms with E-state index in [4.69, 9.17) is 4.42 Å². The third-order valence-corrected chi connectivity index (χ3v) is 3.77. The van der Waals surface area contributed by atoms with Crippen molar-refractivity contribution in [2.45, 2.75) is 6.54 Å². The molecule has 0 aliphatic carbocycles. The van der Waals surface area contributed by atoms with Crippen molar-refractivity contribution in [2.24, 2.45) is 0 Å². The number of hydrogen-bond acceptors (Lipinski definition) is 3. The number of furan rings is 1. The minimum absolute atomic E-state index is 0.194. The molecule has 0 saturated carbocycles. The fourth-order valence-electron chi connectivity index (χ4n) is 1.11. The van der Waals surface area contributed by atoms with Crippen molar-refractivity contribution in [2.75, 3.05) is 0 Å². The zero-order valence-electron chi connectivity index (χ0n) is 7.70. The molecule has 0 radical (unpaired) electrons. The predicted molar refractivity (Wildman–Crippen MR) is 61.9 cm³/mol. The van der Waals surface area contributed by atoms with Crippen LogP contribution in [0.15, 0.2) is 38.7 Å². The van der Waals surface area contributed by atoms with E-state index in [2.05, 4.69) is 21.2 Å². The van der Waals surface area contributed by atoms with Crippen molar-refractivity contribution >= 4 is 33.2 Å². The maximum atomic E-state index is 11.5. The summed E-state index contributed by atoms with van der Waals surface area (Å²) in [7, 11) is 0. The van der Waals surface area contributed by atoms with Crippen molar-refractivity contribution in [3.8, 4) is 0 Å². The number of amides is 1. The zero-order chi connectivity index (χ0) is 10.7. The van der Waals surface area contributed by atoms with Gasteiger partial charge in [-0.1, -0.05) is 0 Å². The first-order valence-electron chi connectivity index (χ1n) is 4.31. The van der Waals surface area contributed by atoms with Gasteiger partial charge in [0, 0.05) is 9.35 Å². The largest absolute Gasteiger partial charge is 0.459 e. The number of rotatable bonds is 3. The molecule has 2 heterocycles. The third kappa shape index (κ3) is 2.49. The highest BCUT2D eigenvalue weighted by molar-refractivity contribution is 9.10. The summed E-state index contributed by atoms with van der Waals surface area (Å²) in [5.74, 6) is 0.142. The number of halogens is 1. The van der Waals surface area contributed by atoms with Crippen molar-refractivity contribution in [1.82, 2.24) is 5.32 Å². The molecule has 0 bridgehead atoms. The second kappa shape index (κ2) is 4.63. The molecule has 2 rings (SSSR count). The van der Waals surface area contributed by atoms with Crippen LogP contribution in [0.4, 0.5) is 0 Å². The average molecular weight is 286 g/mol. The van der Waals surface area contributed by atoms with Crippen LogP contribution in [0.5, 0.6) is 0 Å². The highest BCUT2D eigenvalue weighted by Crippen LogP contribution is 2.22. The van der Waals surface area contributed by atoms with E-state index >= 15 is 0 Å². The van der Waals surface area contributed by atoms with Crippen LogP contribution in [0, 0.1) is 0 Å². The molecule has 0 spiro atoms. The summed E-state index contributed by atoms with van der Waals surface area (Å²) in [6.45, 7) is 0.512. The Morgan fingerprint density at radius 1 is 1.53 bits per heavy atom. The number of thiophene rings is 1. The minimum atomic E-state index is -0.194. The number of carbonyl (C=O) groups excluding carboxylic acids is 1. The van der Waals surface area contributed by atoms with Gasteiger partial charge in [0.2, 0.25) is 0 Å². The Hall–Kier alpha value is -1.07. The lowest BCUT2D eigenvalue weighted by atomic mass is 10.4. The third-order valence-electron chi connectivity index (χ3n) is 1.85. The van der Waals surface area contributed by atoms with Crippen LogP contribution in [-0.2, 0) is 6.54 Å². The monoisotopic (exact) mass is 285 g/mol. The maximum Gasteiger partial charge on any atom is 0.287 e. The van der Waals surface area contributed by atoms with E-state index in [9.17, 15) is 4.79 Å². The SMILES string of the molecule is O=C(NCc1sccc1Br)c1ccco1. The number of nitrogens with one attached hydrogen (secondary N) is 1. The maximum absolute atomic E-state index is 11.5. The summed E-state index contributed by atoms with van der Waals surface area (Å²) >= 11 is 5.00. The van der Waals surface area contributed by atoms with Crippen molar-refractivity contribution in [3.63, 3.8) is 0 Å². The topological polar surface area (TPSA) is 42.2 Å². The minimum Gasteiger partial charge on any atom is -0.459 e. The van der Waals surface area contributed by atoms with E-state index in [1.807, 2.05) is 11.4 Å².